The topological polar surface area (TPSA) is 27.4 Å². The molecule has 3 aromatic rings. The van der Waals surface area contributed by atoms with Crippen LogP contribution >= 0.6 is 58.1 Å². The molecule has 2 heterocycles. The Bertz CT molecular complexity index is 1270. The van der Waals surface area contributed by atoms with Crippen molar-refractivity contribution in [3.8, 4) is 0 Å². The molecule has 0 N–H and O–H groups in total. The molecule has 182 valence electrons. The molecule has 4 nitrogen and oxygen atoms in total. The average Bonchev–Trinajstić information content (AvgIpc) is 3.42. The highest BCUT2D eigenvalue weighted by molar-refractivity contribution is 8.09. The minimum atomic E-state index is 0.597. The van der Waals surface area contributed by atoms with Crippen molar-refractivity contribution in [2.24, 2.45) is 0 Å². The minimum Gasteiger partial charge on any atom is -0.337 e. The third-order valence-electron chi connectivity index (χ3n) is 5.62. The number of thioether (sulfide) groups is 2. The van der Waals surface area contributed by atoms with Gasteiger partial charge in [0.25, 0.3) is 5.01 Å². The Labute approximate surface area is 229 Å². The van der Waals surface area contributed by atoms with Crippen LogP contribution in [0.3, 0.4) is 0 Å². The van der Waals surface area contributed by atoms with Crippen LogP contribution in [0.1, 0.15) is 24.4 Å². The SMILES string of the molecule is CCN(C=O)/C(=C/c1scc[n+]1CCc1ccc(Cl)cc1)S/C(C)=C1/Sc2cc(Cl)ccc2N1C. The molecule has 0 fully saturated rings. The molecule has 2 aromatic carbocycles. The molecule has 35 heavy (non-hydrogen) atoms. The van der Waals surface area contributed by atoms with Crippen LogP contribution in [0.4, 0.5) is 5.69 Å². The van der Waals surface area contributed by atoms with Crippen LogP contribution < -0.4 is 9.47 Å². The van der Waals surface area contributed by atoms with E-state index in [1.165, 1.54) is 5.56 Å². The van der Waals surface area contributed by atoms with Gasteiger partial charge in [-0.1, -0.05) is 70.2 Å². The van der Waals surface area contributed by atoms with Crippen molar-refractivity contribution in [3.05, 3.63) is 89.6 Å². The second-order valence-electron chi connectivity index (χ2n) is 7.92. The molecule has 0 saturated carbocycles. The predicted octanol–water partition coefficient (Wildman–Crippen LogP) is 7.53. The largest absolute Gasteiger partial charge is 0.337 e. The molecule has 1 aliphatic rings. The first-order valence-corrected chi connectivity index (χ1v) is 14.4. The number of anilines is 1. The first kappa shape index (κ1) is 26.2. The summed E-state index contributed by atoms with van der Waals surface area (Å²) in [5, 5.41) is 6.70. The van der Waals surface area contributed by atoms with Gasteiger partial charge in [0.1, 0.15) is 0 Å². The van der Waals surface area contributed by atoms with E-state index in [0.29, 0.717) is 6.54 Å². The van der Waals surface area contributed by atoms with E-state index in [-0.39, 0.29) is 0 Å². The molecule has 9 heteroatoms. The van der Waals surface area contributed by atoms with E-state index in [4.69, 9.17) is 23.2 Å². The van der Waals surface area contributed by atoms with Gasteiger partial charge in [0, 0.05) is 39.9 Å². The third-order valence-corrected chi connectivity index (χ3v) is 9.47. The van der Waals surface area contributed by atoms with Crippen molar-refractivity contribution < 1.29 is 9.36 Å². The summed E-state index contributed by atoms with van der Waals surface area (Å²) >= 11 is 17.2. The molecule has 1 aliphatic heterocycles. The van der Waals surface area contributed by atoms with Gasteiger partial charge >= 0.3 is 0 Å². The van der Waals surface area contributed by atoms with E-state index < -0.39 is 0 Å². The maximum atomic E-state index is 11.9. The van der Waals surface area contributed by atoms with Gasteiger partial charge < -0.3 is 9.80 Å². The zero-order chi connectivity index (χ0) is 24.9. The number of hydrogen-bond acceptors (Lipinski definition) is 5. The normalized spacial score (nSPS) is 14.8. The number of aryl methyl sites for hydroxylation is 2. The van der Waals surface area contributed by atoms with Crippen molar-refractivity contribution >= 4 is 76.2 Å². The van der Waals surface area contributed by atoms with Crippen molar-refractivity contribution in [2.45, 2.75) is 31.7 Å². The molecule has 0 radical (unpaired) electrons. The number of carbonyl (C=O) groups excluding carboxylic acids is 1. The molecule has 1 amide bonds. The number of allylic oxidation sites excluding steroid dienone is 1. The Balaban J connectivity index is 1.58. The summed E-state index contributed by atoms with van der Waals surface area (Å²) in [5.41, 5.74) is 2.38. The number of benzene rings is 2. The van der Waals surface area contributed by atoms with Crippen molar-refractivity contribution in [2.75, 3.05) is 18.5 Å². The van der Waals surface area contributed by atoms with Gasteiger partial charge in [0.15, 0.2) is 12.7 Å². The van der Waals surface area contributed by atoms with Crippen molar-refractivity contribution in [3.63, 3.8) is 0 Å². The van der Waals surface area contributed by atoms with Gasteiger partial charge in [0.05, 0.1) is 27.2 Å². The maximum absolute atomic E-state index is 11.9. The van der Waals surface area contributed by atoms with E-state index in [0.717, 1.165) is 60.0 Å². The van der Waals surface area contributed by atoms with E-state index in [1.54, 1.807) is 39.8 Å². The number of fused-ring (bicyclic) bond motifs is 1. The highest BCUT2D eigenvalue weighted by Gasteiger charge is 2.25. The second kappa shape index (κ2) is 11.9. The molecule has 0 spiro atoms. The summed E-state index contributed by atoms with van der Waals surface area (Å²) in [6.07, 6.45) is 6.02. The van der Waals surface area contributed by atoms with Gasteiger partial charge in [-0.2, -0.15) is 4.57 Å². The standard InChI is InChI=1S/C26H26Cl2N3OS3/c1-4-30(17-32)25(34-18(2)26-29(3)22-10-9-21(28)15-23(22)35-26)16-24-31(13-14-33-24)12-11-19-5-7-20(27)8-6-19/h5-10,13-17H,4,11-12H2,1-3H3/q+1/b26-18+. The van der Waals surface area contributed by atoms with E-state index in [9.17, 15) is 4.79 Å². The zero-order valence-electron chi connectivity index (χ0n) is 19.7. The predicted molar refractivity (Wildman–Crippen MR) is 152 cm³/mol. The molecular formula is C26H26Cl2N3OS3+. The number of hydrogen-bond donors (Lipinski definition) is 0. The molecule has 0 bridgehead atoms. The minimum absolute atomic E-state index is 0.597. The van der Waals surface area contributed by atoms with E-state index in [1.807, 2.05) is 37.3 Å². The van der Waals surface area contributed by atoms with Crippen LogP contribution in [0.15, 0.2) is 73.9 Å². The van der Waals surface area contributed by atoms with Crippen LogP contribution in [0.25, 0.3) is 6.08 Å². The number of rotatable bonds is 9. The lowest BCUT2D eigenvalue weighted by molar-refractivity contribution is -0.693. The first-order valence-electron chi connectivity index (χ1n) is 11.1. The van der Waals surface area contributed by atoms with Crippen LogP contribution in [-0.4, -0.2) is 24.9 Å². The molecule has 0 unspecified atom stereocenters. The van der Waals surface area contributed by atoms with E-state index >= 15 is 0 Å². The first-order chi connectivity index (χ1) is 16.9. The highest BCUT2D eigenvalue weighted by Crippen LogP contribution is 2.49. The lowest BCUT2D eigenvalue weighted by atomic mass is 10.1. The Morgan fingerprint density at radius 2 is 1.91 bits per heavy atom. The second-order valence-corrected chi connectivity index (χ2v) is 12.0. The lowest BCUT2D eigenvalue weighted by Crippen LogP contribution is -2.35. The van der Waals surface area contributed by atoms with Crippen LogP contribution in [0, 0.1) is 0 Å². The Morgan fingerprint density at radius 1 is 1.17 bits per heavy atom. The van der Waals surface area contributed by atoms with E-state index in [2.05, 4.69) is 53.2 Å². The fourth-order valence-electron chi connectivity index (χ4n) is 3.71. The molecule has 0 atom stereocenters. The monoisotopic (exact) mass is 562 g/mol. The molecule has 0 aliphatic carbocycles. The Morgan fingerprint density at radius 3 is 2.63 bits per heavy atom. The van der Waals surface area contributed by atoms with Crippen molar-refractivity contribution in [1.82, 2.24) is 4.90 Å². The lowest BCUT2D eigenvalue weighted by Gasteiger charge is -2.21. The maximum Gasteiger partial charge on any atom is 0.264 e. The smallest absolute Gasteiger partial charge is 0.264 e. The van der Waals surface area contributed by atoms with Gasteiger partial charge in [-0.05, 0) is 49.7 Å². The van der Waals surface area contributed by atoms with Gasteiger partial charge in [-0.15, -0.1) is 0 Å². The summed E-state index contributed by atoms with van der Waals surface area (Å²) in [6, 6.07) is 13.9. The van der Waals surface area contributed by atoms with Gasteiger partial charge in [-0.3, -0.25) is 4.79 Å². The number of halogens is 2. The summed E-state index contributed by atoms with van der Waals surface area (Å²) < 4.78 is 2.23. The van der Waals surface area contributed by atoms with Crippen LogP contribution in [0.5, 0.6) is 0 Å². The van der Waals surface area contributed by atoms with Crippen LogP contribution in [-0.2, 0) is 17.8 Å². The summed E-state index contributed by atoms with van der Waals surface area (Å²) in [6.45, 7) is 5.53. The number of aromatic nitrogens is 1. The number of amides is 1. The molecular weight excluding hydrogens is 537 g/mol. The Hall–Kier alpha value is -1.90. The summed E-state index contributed by atoms with van der Waals surface area (Å²) in [5.74, 6) is 0. The number of thiazole rings is 1. The quantitative estimate of drug-likeness (QED) is 0.199. The number of carbonyl (C=O) groups is 1. The fraction of sp³-hybridized carbons (Fsp3) is 0.231. The average molecular weight is 564 g/mol. The summed E-state index contributed by atoms with van der Waals surface area (Å²) in [4.78, 5) is 18.1. The van der Waals surface area contributed by atoms with Gasteiger partial charge in [0.2, 0.25) is 6.41 Å². The van der Waals surface area contributed by atoms with Gasteiger partial charge in [-0.25, -0.2) is 0 Å². The zero-order valence-corrected chi connectivity index (χ0v) is 23.7. The number of nitrogens with zero attached hydrogens (tertiary/aromatic N) is 3. The highest BCUT2D eigenvalue weighted by atomic mass is 35.5. The fourth-order valence-corrected chi connectivity index (χ4v) is 7.30. The van der Waals surface area contributed by atoms with Crippen LogP contribution in [0.2, 0.25) is 10.0 Å². The third kappa shape index (κ3) is 6.27. The van der Waals surface area contributed by atoms with Crippen molar-refractivity contribution in [1.29, 1.82) is 0 Å². The molecule has 0 saturated heterocycles. The molecule has 1 aromatic heterocycles. The summed E-state index contributed by atoms with van der Waals surface area (Å²) in [7, 11) is 2.07. The molecule has 4 rings (SSSR count). The Kier molecular flexibility index (Phi) is 8.89.